The predicted octanol–water partition coefficient (Wildman–Crippen LogP) is 5.09. The van der Waals surface area contributed by atoms with Crippen LogP contribution in [-0.2, 0) is 6.42 Å². The fraction of sp³-hybridized carbons (Fsp3) is 0.235. The summed E-state index contributed by atoms with van der Waals surface area (Å²) in [6, 6.07) is 12.9. The zero-order valence-corrected chi connectivity index (χ0v) is 14.1. The molecule has 0 saturated heterocycles. The zero-order chi connectivity index (χ0) is 16.1. The summed E-state index contributed by atoms with van der Waals surface area (Å²) in [4.78, 5) is 0. The van der Waals surface area contributed by atoms with Gasteiger partial charge in [0, 0.05) is 5.69 Å². The fourth-order valence-electron chi connectivity index (χ4n) is 2.06. The lowest BCUT2D eigenvalue weighted by molar-refractivity contribution is 0.628. The molecule has 0 aromatic heterocycles. The Balaban J connectivity index is 1.96. The van der Waals surface area contributed by atoms with Crippen LogP contribution in [0.3, 0.4) is 0 Å². The normalized spacial score (nSPS) is 11.8. The number of rotatable bonds is 4. The highest BCUT2D eigenvalue weighted by atomic mass is 35.5. The van der Waals surface area contributed by atoms with Gasteiger partial charge in [-0.3, -0.25) is 0 Å². The first kappa shape index (κ1) is 16.7. The maximum Gasteiger partial charge on any atom is 0.171 e. The number of hydrogen-bond acceptors (Lipinski definition) is 1. The first-order chi connectivity index (χ1) is 10.5. The molecule has 0 radical (unpaired) electrons. The molecule has 0 heterocycles. The van der Waals surface area contributed by atoms with Gasteiger partial charge in [0.2, 0.25) is 0 Å². The summed E-state index contributed by atoms with van der Waals surface area (Å²) in [5.74, 6) is -0.449. The lowest BCUT2D eigenvalue weighted by Gasteiger charge is -2.18. The second kappa shape index (κ2) is 7.56. The van der Waals surface area contributed by atoms with Gasteiger partial charge in [-0.1, -0.05) is 42.8 Å². The average molecular weight is 337 g/mol. The van der Waals surface area contributed by atoms with Crippen LogP contribution in [0.5, 0.6) is 0 Å². The predicted molar refractivity (Wildman–Crippen MR) is 95.0 cm³/mol. The first-order valence-electron chi connectivity index (χ1n) is 7.11. The topological polar surface area (TPSA) is 24.1 Å². The van der Waals surface area contributed by atoms with E-state index in [0.29, 0.717) is 10.8 Å². The standard InChI is InChI=1S/C17H18ClFN2S/c1-3-12-4-6-13(7-5-12)11(2)20-17(22)21-14-8-9-16(19)15(18)10-14/h4-11H,3H2,1-2H3,(H2,20,21,22). The van der Waals surface area contributed by atoms with Gasteiger partial charge in [-0.05, 0) is 54.9 Å². The zero-order valence-electron chi connectivity index (χ0n) is 12.5. The van der Waals surface area contributed by atoms with Gasteiger partial charge in [0.15, 0.2) is 5.11 Å². The van der Waals surface area contributed by atoms with Crippen molar-refractivity contribution in [2.75, 3.05) is 5.32 Å². The Morgan fingerprint density at radius 1 is 1.23 bits per heavy atom. The van der Waals surface area contributed by atoms with Crippen molar-refractivity contribution >= 4 is 34.6 Å². The SMILES string of the molecule is CCc1ccc(C(C)NC(=S)Nc2ccc(F)c(Cl)c2)cc1. The summed E-state index contributed by atoms with van der Waals surface area (Å²) in [7, 11) is 0. The maximum atomic E-state index is 13.1. The Morgan fingerprint density at radius 3 is 2.50 bits per heavy atom. The summed E-state index contributed by atoms with van der Waals surface area (Å²) in [6.07, 6.45) is 1.02. The van der Waals surface area contributed by atoms with Crippen LogP contribution >= 0.6 is 23.8 Å². The number of halogens is 2. The van der Waals surface area contributed by atoms with Crippen LogP contribution in [0.4, 0.5) is 10.1 Å². The summed E-state index contributed by atoms with van der Waals surface area (Å²) in [5, 5.41) is 6.74. The molecule has 22 heavy (non-hydrogen) atoms. The quantitative estimate of drug-likeness (QED) is 0.760. The molecule has 2 aromatic rings. The largest absolute Gasteiger partial charge is 0.356 e. The molecule has 0 saturated carbocycles. The van der Waals surface area contributed by atoms with Crippen molar-refractivity contribution < 1.29 is 4.39 Å². The van der Waals surface area contributed by atoms with Crippen LogP contribution in [0.1, 0.15) is 31.0 Å². The Hall–Kier alpha value is -1.65. The Labute approximate surface area is 140 Å². The molecule has 2 rings (SSSR count). The Kier molecular flexibility index (Phi) is 5.75. The molecule has 0 amide bonds. The number of aryl methyl sites for hydroxylation is 1. The van der Waals surface area contributed by atoms with Gasteiger partial charge in [0.1, 0.15) is 5.82 Å². The lowest BCUT2D eigenvalue weighted by Crippen LogP contribution is -2.30. The van der Waals surface area contributed by atoms with E-state index in [9.17, 15) is 4.39 Å². The van der Waals surface area contributed by atoms with Crippen molar-refractivity contribution in [1.82, 2.24) is 5.32 Å². The Morgan fingerprint density at radius 2 is 1.91 bits per heavy atom. The maximum absolute atomic E-state index is 13.1. The molecule has 0 aliphatic heterocycles. The smallest absolute Gasteiger partial charge is 0.171 e. The van der Waals surface area contributed by atoms with Gasteiger partial charge >= 0.3 is 0 Å². The minimum Gasteiger partial charge on any atom is -0.356 e. The molecule has 2 aromatic carbocycles. The van der Waals surface area contributed by atoms with Crippen molar-refractivity contribution in [3.05, 3.63) is 64.4 Å². The highest BCUT2D eigenvalue weighted by molar-refractivity contribution is 7.80. The monoisotopic (exact) mass is 336 g/mol. The third-order valence-corrected chi connectivity index (χ3v) is 3.92. The van der Waals surface area contributed by atoms with E-state index in [1.807, 2.05) is 6.92 Å². The minimum atomic E-state index is -0.449. The molecule has 1 atom stereocenters. The molecular weight excluding hydrogens is 319 g/mol. The van der Waals surface area contributed by atoms with E-state index in [4.69, 9.17) is 23.8 Å². The third-order valence-electron chi connectivity index (χ3n) is 3.41. The first-order valence-corrected chi connectivity index (χ1v) is 7.89. The average Bonchev–Trinajstić information content (AvgIpc) is 2.51. The van der Waals surface area contributed by atoms with E-state index in [-0.39, 0.29) is 11.1 Å². The lowest BCUT2D eigenvalue weighted by atomic mass is 10.1. The van der Waals surface area contributed by atoms with Gasteiger partial charge in [-0.2, -0.15) is 0 Å². The van der Waals surface area contributed by atoms with Gasteiger partial charge < -0.3 is 10.6 Å². The van der Waals surface area contributed by atoms with Crippen LogP contribution < -0.4 is 10.6 Å². The molecule has 2 nitrogen and oxygen atoms in total. The summed E-state index contributed by atoms with van der Waals surface area (Å²) in [6.45, 7) is 4.16. The van der Waals surface area contributed by atoms with Crippen LogP contribution in [0.2, 0.25) is 5.02 Å². The van der Waals surface area contributed by atoms with Crippen LogP contribution in [-0.4, -0.2) is 5.11 Å². The highest BCUT2D eigenvalue weighted by Gasteiger charge is 2.08. The minimum absolute atomic E-state index is 0.0657. The number of anilines is 1. The van der Waals surface area contributed by atoms with Gasteiger partial charge in [0.05, 0.1) is 11.1 Å². The molecular formula is C17H18ClFN2S. The second-order valence-corrected chi connectivity index (χ2v) is 5.86. The van der Waals surface area contributed by atoms with Crippen molar-refractivity contribution in [2.24, 2.45) is 0 Å². The van der Waals surface area contributed by atoms with Crippen molar-refractivity contribution in [1.29, 1.82) is 0 Å². The summed E-state index contributed by atoms with van der Waals surface area (Å²) < 4.78 is 13.1. The number of benzene rings is 2. The van der Waals surface area contributed by atoms with E-state index in [2.05, 4.69) is 41.8 Å². The molecule has 0 aliphatic carbocycles. The number of nitrogens with one attached hydrogen (secondary N) is 2. The summed E-state index contributed by atoms with van der Waals surface area (Å²) >= 11 is 11.0. The number of thiocarbonyl (C=S) groups is 1. The molecule has 0 fully saturated rings. The molecule has 0 bridgehead atoms. The molecule has 2 N–H and O–H groups in total. The molecule has 0 spiro atoms. The second-order valence-electron chi connectivity index (χ2n) is 5.04. The van der Waals surface area contributed by atoms with Crippen LogP contribution in [0.15, 0.2) is 42.5 Å². The summed E-state index contributed by atoms with van der Waals surface area (Å²) in [5.41, 5.74) is 3.11. The molecule has 5 heteroatoms. The van der Waals surface area contributed by atoms with Gasteiger partial charge in [0.25, 0.3) is 0 Å². The van der Waals surface area contributed by atoms with E-state index in [1.165, 1.54) is 17.7 Å². The molecule has 116 valence electrons. The highest BCUT2D eigenvalue weighted by Crippen LogP contribution is 2.20. The van der Waals surface area contributed by atoms with Crippen LogP contribution in [0.25, 0.3) is 0 Å². The van der Waals surface area contributed by atoms with E-state index in [1.54, 1.807) is 6.07 Å². The Bertz CT molecular complexity index is 658. The van der Waals surface area contributed by atoms with Crippen molar-refractivity contribution in [3.8, 4) is 0 Å². The van der Waals surface area contributed by atoms with Gasteiger partial charge in [-0.15, -0.1) is 0 Å². The third kappa shape index (κ3) is 4.42. The fourth-order valence-corrected chi connectivity index (χ4v) is 2.54. The van der Waals surface area contributed by atoms with Crippen molar-refractivity contribution in [2.45, 2.75) is 26.3 Å². The van der Waals surface area contributed by atoms with E-state index < -0.39 is 5.82 Å². The molecule has 1 unspecified atom stereocenters. The molecule has 0 aliphatic rings. The van der Waals surface area contributed by atoms with Gasteiger partial charge in [-0.25, -0.2) is 4.39 Å². The van der Waals surface area contributed by atoms with E-state index >= 15 is 0 Å². The number of hydrogen-bond donors (Lipinski definition) is 2. The van der Waals surface area contributed by atoms with Crippen LogP contribution in [0, 0.1) is 5.82 Å². The van der Waals surface area contributed by atoms with Crippen molar-refractivity contribution in [3.63, 3.8) is 0 Å². The van der Waals surface area contributed by atoms with E-state index in [0.717, 1.165) is 12.0 Å².